The van der Waals surface area contributed by atoms with E-state index in [1.54, 1.807) is 0 Å². The van der Waals surface area contributed by atoms with E-state index in [1.807, 2.05) is 0 Å². The highest BCUT2D eigenvalue weighted by Gasteiger charge is 2.39. The predicted octanol–water partition coefficient (Wildman–Crippen LogP) is 6.33. The largest absolute Gasteiger partial charge is 0.487 e. The van der Waals surface area contributed by atoms with Crippen LogP contribution < -0.4 is 15.8 Å². The van der Waals surface area contributed by atoms with E-state index in [0.29, 0.717) is 12.5 Å². The molecule has 2 heterocycles. The Morgan fingerprint density at radius 1 is 0.950 bits per heavy atom. The van der Waals surface area contributed by atoms with Crippen molar-refractivity contribution < 1.29 is 9.53 Å². The standard InChI is InChI=1S/C35H45N3O2/c1-24-25(2)33-31(26(3)32(24)36)23-35(4,40-33)18-22-38(34(39)29-15-19-37-20-16-29)21-17-30(27-11-7-5-8-12-27)28-13-9-6-10-14-28/h5-14,29-30,37H,15-23,36H2,1-4H3. The zero-order valence-corrected chi connectivity index (χ0v) is 24.6. The number of nitrogens with one attached hydrogen (secondary N) is 1. The number of nitrogens with zero attached hydrogens (tertiary/aromatic N) is 1. The van der Waals surface area contributed by atoms with E-state index >= 15 is 0 Å². The van der Waals surface area contributed by atoms with Crippen LogP contribution in [0.25, 0.3) is 0 Å². The molecule has 5 heteroatoms. The fourth-order valence-electron chi connectivity index (χ4n) is 6.57. The van der Waals surface area contributed by atoms with Crippen LogP contribution in [0.2, 0.25) is 0 Å². The number of rotatable bonds is 9. The second kappa shape index (κ2) is 12.1. The van der Waals surface area contributed by atoms with Gasteiger partial charge < -0.3 is 20.7 Å². The van der Waals surface area contributed by atoms with Gasteiger partial charge in [-0.25, -0.2) is 0 Å². The van der Waals surface area contributed by atoms with Crippen molar-refractivity contribution in [1.29, 1.82) is 0 Å². The molecule has 0 bridgehead atoms. The Hall–Kier alpha value is -3.31. The lowest BCUT2D eigenvalue weighted by atomic mass is 9.87. The van der Waals surface area contributed by atoms with E-state index < -0.39 is 0 Å². The quantitative estimate of drug-likeness (QED) is 0.312. The molecule has 2 aliphatic rings. The molecule has 0 spiro atoms. The first-order chi connectivity index (χ1) is 19.3. The average molecular weight is 540 g/mol. The van der Waals surface area contributed by atoms with Gasteiger partial charge in [0.2, 0.25) is 5.91 Å². The summed E-state index contributed by atoms with van der Waals surface area (Å²) in [5, 5.41) is 3.41. The molecular weight excluding hydrogens is 494 g/mol. The van der Waals surface area contributed by atoms with Crippen molar-refractivity contribution in [3.05, 3.63) is 94.0 Å². The molecule has 5 nitrogen and oxygen atoms in total. The Balaban J connectivity index is 1.35. The summed E-state index contributed by atoms with van der Waals surface area (Å²) in [5.74, 6) is 1.63. The highest BCUT2D eigenvalue weighted by molar-refractivity contribution is 5.79. The number of fused-ring (bicyclic) bond motifs is 1. The number of hydrogen-bond donors (Lipinski definition) is 2. The highest BCUT2D eigenvalue weighted by Crippen LogP contribution is 2.45. The fourth-order valence-corrected chi connectivity index (χ4v) is 6.57. The van der Waals surface area contributed by atoms with Gasteiger partial charge in [-0.1, -0.05) is 60.7 Å². The zero-order valence-electron chi connectivity index (χ0n) is 24.6. The molecule has 5 rings (SSSR count). The monoisotopic (exact) mass is 539 g/mol. The van der Waals surface area contributed by atoms with Crippen molar-refractivity contribution in [3.8, 4) is 5.75 Å². The van der Waals surface area contributed by atoms with Crippen molar-refractivity contribution >= 4 is 11.6 Å². The lowest BCUT2D eigenvalue weighted by molar-refractivity contribution is -0.137. The third kappa shape index (κ3) is 5.90. The van der Waals surface area contributed by atoms with E-state index in [0.717, 1.165) is 79.9 Å². The van der Waals surface area contributed by atoms with Crippen molar-refractivity contribution in [2.45, 2.75) is 71.3 Å². The highest BCUT2D eigenvalue weighted by atomic mass is 16.5. The van der Waals surface area contributed by atoms with Gasteiger partial charge in [0.1, 0.15) is 11.4 Å². The number of carbonyl (C=O) groups excluding carboxylic acids is 1. The van der Waals surface area contributed by atoms with Gasteiger partial charge in [0, 0.05) is 49.0 Å². The Morgan fingerprint density at radius 2 is 1.55 bits per heavy atom. The van der Waals surface area contributed by atoms with Gasteiger partial charge in [-0.2, -0.15) is 0 Å². The van der Waals surface area contributed by atoms with E-state index in [2.05, 4.69) is 98.6 Å². The van der Waals surface area contributed by atoms with Crippen molar-refractivity contribution in [2.75, 3.05) is 31.9 Å². The number of ether oxygens (including phenoxy) is 1. The SMILES string of the molecule is Cc1c(C)c2c(c(C)c1N)CC(C)(CCN(CCC(c1ccccc1)c1ccccc1)C(=O)C1CCNCC1)O2. The van der Waals surface area contributed by atoms with Crippen LogP contribution in [-0.2, 0) is 11.2 Å². The smallest absolute Gasteiger partial charge is 0.225 e. The second-order valence-electron chi connectivity index (χ2n) is 12.1. The molecule has 1 unspecified atom stereocenters. The number of hydrogen-bond acceptors (Lipinski definition) is 4. The molecule has 2 aliphatic heterocycles. The van der Waals surface area contributed by atoms with Gasteiger partial charge in [-0.05, 0) is 87.9 Å². The summed E-state index contributed by atoms with van der Waals surface area (Å²) in [4.78, 5) is 16.1. The molecule has 3 aromatic rings. The molecule has 0 aromatic heterocycles. The van der Waals surface area contributed by atoms with Crippen LogP contribution in [0, 0.1) is 26.7 Å². The van der Waals surface area contributed by atoms with Crippen molar-refractivity contribution in [2.24, 2.45) is 5.92 Å². The number of benzene rings is 3. The van der Waals surface area contributed by atoms with Crippen LogP contribution >= 0.6 is 0 Å². The maximum Gasteiger partial charge on any atom is 0.225 e. The number of carbonyl (C=O) groups is 1. The zero-order chi connectivity index (χ0) is 28.3. The van der Waals surface area contributed by atoms with Crippen LogP contribution in [0.3, 0.4) is 0 Å². The molecule has 40 heavy (non-hydrogen) atoms. The number of piperidine rings is 1. The van der Waals surface area contributed by atoms with E-state index in [9.17, 15) is 4.79 Å². The second-order valence-corrected chi connectivity index (χ2v) is 12.1. The van der Waals surface area contributed by atoms with Crippen LogP contribution in [0.15, 0.2) is 60.7 Å². The molecule has 212 valence electrons. The predicted molar refractivity (Wildman–Crippen MR) is 164 cm³/mol. The van der Waals surface area contributed by atoms with Gasteiger partial charge in [0.05, 0.1) is 0 Å². The summed E-state index contributed by atoms with van der Waals surface area (Å²) in [6.45, 7) is 11.7. The third-order valence-corrected chi connectivity index (χ3v) is 9.34. The molecule has 0 radical (unpaired) electrons. The first-order valence-corrected chi connectivity index (χ1v) is 14.9. The number of nitrogen functional groups attached to an aromatic ring is 1. The maximum atomic E-state index is 13.9. The molecule has 1 atom stereocenters. The first-order valence-electron chi connectivity index (χ1n) is 14.9. The van der Waals surface area contributed by atoms with Crippen molar-refractivity contribution in [3.63, 3.8) is 0 Å². The van der Waals surface area contributed by atoms with Crippen LogP contribution in [0.4, 0.5) is 5.69 Å². The molecule has 0 saturated carbocycles. The summed E-state index contributed by atoms with van der Waals surface area (Å²) in [6, 6.07) is 21.4. The minimum absolute atomic E-state index is 0.0922. The molecule has 3 N–H and O–H groups in total. The summed E-state index contributed by atoms with van der Waals surface area (Å²) in [7, 11) is 0. The Morgan fingerprint density at radius 3 is 2.15 bits per heavy atom. The average Bonchev–Trinajstić information content (AvgIpc) is 3.36. The van der Waals surface area contributed by atoms with Crippen LogP contribution in [0.1, 0.15) is 71.9 Å². The summed E-state index contributed by atoms with van der Waals surface area (Å²) in [6.07, 6.45) is 4.32. The molecule has 3 aromatic carbocycles. The lowest BCUT2D eigenvalue weighted by Gasteiger charge is -2.33. The third-order valence-electron chi connectivity index (χ3n) is 9.34. The minimum atomic E-state index is -0.358. The molecule has 0 aliphatic carbocycles. The van der Waals surface area contributed by atoms with Crippen molar-refractivity contribution in [1.82, 2.24) is 10.2 Å². The minimum Gasteiger partial charge on any atom is -0.487 e. The number of amides is 1. The summed E-state index contributed by atoms with van der Waals surface area (Å²) in [5.41, 5.74) is 14.2. The summed E-state index contributed by atoms with van der Waals surface area (Å²) < 4.78 is 6.68. The van der Waals surface area contributed by atoms with Gasteiger partial charge in [-0.15, -0.1) is 0 Å². The van der Waals surface area contributed by atoms with Gasteiger partial charge in [0.15, 0.2) is 0 Å². The topological polar surface area (TPSA) is 67.6 Å². The van der Waals surface area contributed by atoms with Gasteiger partial charge >= 0.3 is 0 Å². The van der Waals surface area contributed by atoms with Crippen LogP contribution in [-0.4, -0.2) is 42.6 Å². The van der Waals surface area contributed by atoms with E-state index in [-0.39, 0.29) is 17.4 Å². The van der Waals surface area contributed by atoms with Crippen LogP contribution in [0.5, 0.6) is 5.75 Å². The van der Waals surface area contributed by atoms with Gasteiger partial charge in [0.25, 0.3) is 0 Å². The normalized spacial score (nSPS) is 18.9. The molecular formula is C35H45N3O2. The molecule has 1 amide bonds. The van der Waals surface area contributed by atoms with E-state index in [1.165, 1.54) is 16.7 Å². The first kappa shape index (κ1) is 28.2. The molecule has 1 saturated heterocycles. The Bertz CT molecular complexity index is 1240. The lowest BCUT2D eigenvalue weighted by Crippen LogP contribution is -2.44. The van der Waals surface area contributed by atoms with E-state index in [4.69, 9.17) is 10.5 Å². The Kier molecular flexibility index (Phi) is 8.51. The maximum absolute atomic E-state index is 13.9. The van der Waals surface area contributed by atoms with Gasteiger partial charge in [-0.3, -0.25) is 4.79 Å². The fraction of sp³-hybridized carbons (Fsp3) is 0.457. The summed E-state index contributed by atoms with van der Waals surface area (Å²) >= 11 is 0. The number of nitrogens with two attached hydrogens (primary N) is 1. The number of anilines is 1. The Labute approximate surface area is 240 Å². The molecule has 1 fully saturated rings.